The normalized spacial score (nSPS) is 10.6. The first-order valence-electron chi connectivity index (χ1n) is 10.4. The van der Waals surface area contributed by atoms with Gasteiger partial charge in [0.2, 0.25) is 5.91 Å². The van der Waals surface area contributed by atoms with Crippen LogP contribution in [0, 0.1) is 13.8 Å². The molecule has 0 aliphatic heterocycles. The minimum absolute atomic E-state index is 0.107. The number of esters is 1. The monoisotopic (exact) mass is 453 g/mol. The number of rotatable bonds is 10. The minimum Gasteiger partial charge on any atom is -0.460 e. The molecule has 0 saturated heterocycles. The van der Waals surface area contributed by atoms with E-state index in [4.69, 9.17) is 9.47 Å². The molecular formula is C23H27N5O5. The molecule has 2 aromatic heterocycles. The molecule has 0 radical (unpaired) electrons. The molecule has 1 aromatic carbocycles. The molecule has 0 spiro atoms. The maximum absolute atomic E-state index is 12.7. The zero-order valence-electron chi connectivity index (χ0n) is 18.8. The highest BCUT2D eigenvalue weighted by Crippen LogP contribution is 2.19. The van der Waals surface area contributed by atoms with Crippen molar-refractivity contribution in [1.82, 2.24) is 20.1 Å². The van der Waals surface area contributed by atoms with Crippen LogP contribution in [-0.2, 0) is 27.4 Å². The summed E-state index contributed by atoms with van der Waals surface area (Å²) in [6.07, 6.45) is 3.32. The molecule has 0 fully saturated rings. The Labute approximate surface area is 191 Å². The van der Waals surface area contributed by atoms with Gasteiger partial charge in [-0.2, -0.15) is 5.10 Å². The lowest BCUT2D eigenvalue weighted by molar-refractivity contribution is -0.116. The van der Waals surface area contributed by atoms with E-state index < -0.39 is 5.97 Å². The fourth-order valence-electron chi connectivity index (χ4n) is 3.34. The van der Waals surface area contributed by atoms with Crippen molar-refractivity contribution in [2.24, 2.45) is 0 Å². The van der Waals surface area contributed by atoms with Crippen molar-refractivity contribution in [2.45, 2.75) is 26.9 Å². The van der Waals surface area contributed by atoms with Gasteiger partial charge in [-0.3, -0.25) is 14.3 Å². The molecule has 2 amide bonds. The first-order chi connectivity index (χ1) is 15.9. The van der Waals surface area contributed by atoms with Crippen molar-refractivity contribution in [3.05, 3.63) is 70.8 Å². The Morgan fingerprint density at radius 3 is 2.70 bits per heavy atom. The van der Waals surface area contributed by atoms with Crippen LogP contribution >= 0.6 is 0 Å². The van der Waals surface area contributed by atoms with E-state index in [9.17, 15) is 14.4 Å². The van der Waals surface area contributed by atoms with Crippen molar-refractivity contribution in [3.63, 3.8) is 0 Å². The predicted molar refractivity (Wildman–Crippen MR) is 121 cm³/mol. The summed E-state index contributed by atoms with van der Waals surface area (Å²) in [4.78, 5) is 40.2. The summed E-state index contributed by atoms with van der Waals surface area (Å²) in [5.74, 6) is -1.06. The number of carbonyl (C=O) groups is 3. The molecular weight excluding hydrogens is 426 g/mol. The number of ether oxygens (including phenoxy) is 2. The van der Waals surface area contributed by atoms with Crippen LogP contribution in [0.1, 0.15) is 37.7 Å². The third kappa shape index (κ3) is 6.30. The molecule has 174 valence electrons. The molecule has 0 saturated carbocycles. The quantitative estimate of drug-likeness (QED) is 0.319. The van der Waals surface area contributed by atoms with E-state index in [2.05, 4.69) is 20.7 Å². The Hall–Kier alpha value is -3.92. The van der Waals surface area contributed by atoms with Crippen LogP contribution in [-0.4, -0.2) is 52.9 Å². The molecule has 3 N–H and O–H groups in total. The lowest BCUT2D eigenvalue weighted by atomic mass is 10.1. The number of aromatic amines is 1. The third-order valence-corrected chi connectivity index (χ3v) is 4.92. The second kappa shape index (κ2) is 11.1. The van der Waals surface area contributed by atoms with Crippen molar-refractivity contribution in [1.29, 1.82) is 0 Å². The molecule has 2 heterocycles. The Balaban J connectivity index is 1.59. The summed E-state index contributed by atoms with van der Waals surface area (Å²) in [7, 11) is 1.52. The molecule has 3 aromatic rings. The summed E-state index contributed by atoms with van der Waals surface area (Å²) in [5.41, 5.74) is 3.15. The SMILES string of the molecule is COCCOC(=O)c1c(C)[nH]c(C(=O)NCc2cccc(NC(=O)Cn3cccn3)c2)c1C. The van der Waals surface area contributed by atoms with Crippen LogP contribution in [0.25, 0.3) is 0 Å². The number of aromatic nitrogens is 3. The summed E-state index contributed by atoms with van der Waals surface area (Å²) in [5, 5.41) is 9.66. The molecule has 33 heavy (non-hydrogen) atoms. The highest BCUT2D eigenvalue weighted by molar-refractivity contribution is 6.00. The molecule has 0 aliphatic rings. The molecule has 10 nitrogen and oxygen atoms in total. The zero-order chi connectivity index (χ0) is 23.8. The molecule has 0 atom stereocenters. The lowest BCUT2D eigenvalue weighted by Gasteiger charge is -2.09. The van der Waals surface area contributed by atoms with Crippen molar-refractivity contribution in [3.8, 4) is 0 Å². The lowest BCUT2D eigenvalue weighted by Crippen LogP contribution is -2.24. The number of amides is 2. The van der Waals surface area contributed by atoms with Gasteiger partial charge < -0.3 is 25.1 Å². The Morgan fingerprint density at radius 2 is 1.97 bits per heavy atom. The second-order valence-corrected chi connectivity index (χ2v) is 7.39. The number of anilines is 1. The van der Waals surface area contributed by atoms with Crippen LogP contribution in [0.4, 0.5) is 5.69 Å². The van der Waals surface area contributed by atoms with Gasteiger partial charge in [0.15, 0.2) is 0 Å². The van der Waals surface area contributed by atoms with Gasteiger partial charge in [0.05, 0.1) is 12.2 Å². The van der Waals surface area contributed by atoms with Gasteiger partial charge in [-0.15, -0.1) is 0 Å². The topological polar surface area (TPSA) is 127 Å². The van der Waals surface area contributed by atoms with Crippen LogP contribution in [0.5, 0.6) is 0 Å². The molecule has 3 rings (SSSR count). The number of nitrogens with zero attached hydrogens (tertiary/aromatic N) is 2. The maximum Gasteiger partial charge on any atom is 0.340 e. The fourth-order valence-corrected chi connectivity index (χ4v) is 3.34. The molecule has 0 aliphatic carbocycles. The largest absolute Gasteiger partial charge is 0.460 e. The van der Waals surface area contributed by atoms with E-state index in [1.807, 2.05) is 6.07 Å². The molecule has 0 unspecified atom stereocenters. The first kappa shape index (κ1) is 23.7. The van der Waals surface area contributed by atoms with Crippen molar-refractivity contribution in [2.75, 3.05) is 25.6 Å². The van der Waals surface area contributed by atoms with Crippen molar-refractivity contribution >= 4 is 23.5 Å². The van der Waals surface area contributed by atoms with Gasteiger partial charge in [0.25, 0.3) is 5.91 Å². The van der Waals surface area contributed by atoms with Gasteiger partial charge in [-0.1, -0.05) is 12.1 Å². The highest BCUT2D eigenvalue weighted by Gasteiger charge is 2.23. The van der Waals surface area contributed by atoms with E-state index in [0.717, 1.165) is 5.56 Å². The number of benzene rings is 1. The van der Waals surface area contributed by atoms with E-state index >= 15 is 0 Å². The van der Waals surface area contributed by atoms with E-state index in [1.54, 1.807) is 50.5 Å². The Morgan fingerprint density at radius 1 is 1.15 bits per heavy atom. The predicted octanol–water partition coefficient (Wildman–Crippen LogP) is 2.20. The Bertz CT molecular complexity index is 1120. The zero-order valence-corrected chi connectivity index (χ0v) is 18.8. The first-order valence-corrected chi connectivity index (χ1v) is 10.4. The number of methoxy groups -OCH3 is 1. The van der Waals surface area contributed by atoms with Crippen molar-refractivity contribution < 1.29 is 23.9 Å². The van der Waals surface area contributed by atoms with Gasteiger partial charge in [0.1, 0.15) is 18.8 Å². The van der Waals surface area contributed by atoms with Crippen LogP contribution < -0.4 is 10.6 Å². The van der Waals surface area contributed by atoms with Crippen LogP contribution in [0.15, 0.2) is 42.7 Å². The number of nitrogens with one attached hydrogen (secondary N) is 3. The third-order valence-electron chi connectivity index (χ3n) is 4.92. The maximum atomic E-state index is 12.7. The van der Waals surface area contributed by atoms with E-state index in [1.165, 1.54) is 11.8 Å². The standard InChI is InChI=1S/C23H27N5O5/c1-15-20(23(31)33-11-10-32-3)16(2)26-21(15)22(30)24-13-17-6-4-7-18(12-17)27-19(29)14-28-9-5-8-25-28/h4-9,12,26H,10-11,13-14H2,1-3H3,(H,24,30)(H,27,29). The van der Waals surface area contributed by atoms with E-state index in [-0.39, 0.29) is 31.5 Å². The number of H-pyrrole nitrogens is 1. The Kier molecular flexibility index (Phi) is 7.98. The van der Waals surface area contributed by atoms with Gasteiger partial charge in [-0.25, -0.2) is 4.79 Å². The minimum atomic E-state index is -0.504. The molecule has 0 bridgehead atoms. The summed E-state index contributed by atoms with van der Waals surface area (Å²) >= 11 is 0. The number of carbonyl (C=O) groups excluding carboxylic acids is 3. The summed E-state index contributed by atoms with van der Waals surface area (Å²) in [6.45, 7) is 4.19. The van der Waals surface area contributed by atoms with Gasteiger partial charge >= 0.3 is 5.97 Å². The number of hydrogen-bond acceptors (Lipinski definition) is 6. The number of aryl methyl sites for hydroxylation is 1. The smallest absolute Gasteiger partial charge is 0.340 e. The average molecular weight is 453 g/mol. The fraction of sp³-hybridized carbons (Fsp3) is 0.304. The highest BCUT2D eigenvalue weighted by atomic mass is 16.6. The molecule has 10 heteroatoms. The second-order valence-electron chi connectivity index (χ2n) is 7.39. The summed E-state index contributed by atoms with van der Waals surface area (Å²) < 4.78 is 11.6. The van der Waals surface area contributed by atoms with E-state index in [0.29, 0.717) is 34.8 Å². The summed E-state index contributed by atoms with van der Waals surface area (Å²) in [6, 6.07) is 8.94. The van der Waals surface area contributed by atoms with Gasteiger partial charge in [0, 0.05) is 37.4 Å². The average Bonchev–Trinajstić information content (AvgIpc) is 3.39. The number of hydrogen-bond donors (Lipinski definition) is 3. The van der Waals surface area contributed by atoms with Crippen LogP contribution in [0.3, 0.4) is 0 Å². The van der Waals surface area contributed by atoms with Gasteiger partial charge in [-0.05, 0) is 43.2 Å². The van der Waals surface area contributed by atoms with Crippen LogP contribution in [0.2, 0.25) is 0 Å².